The first kappa shape index (κ1) is 25.9. The second kappa shape index (κ2) is 12.7. The number of rotatable bonds is 13. The van der Waals surface area contributed by atoms with Gasteiger partial charge < -0.3 is 19.3 Å². The number of aryl methyl sites for hydroxylation is 2. The Balaban J connectivity index is 1.94. The molecule has 0 bridgehead atoms. The third-order valence-corrected chi connectivity index (χ3v) is 5.42. The van der Waals surface area contributed by atoms with Gasteiger partial charge in [0.25, 0.3) is 0 Å². The average molecular weight is 468 g/mol. The van der Waals surface area contributed by atoms with Gasteiger partial charge in [-0.25, -0.2) is 4.68 Å². The number of hydrogen-bond acceptors (Lipinski definition) is 6. The first-order chi connectivity index (χ1) is 16.4. The predicted octanol–water partition coefficient (Wildman–Crippen LogP) is 4.42. The van der Waals surface area contributed by atoms with E-state index in [0.717, 1.165) is 28.1 Å². The lowest BCUT2D eigenvalue weighted by Crippen LogP contribution is -2.37. The Morgan fingerprint density at radius 1 is 1.09 bits per heavy atom. The zero-order valence-electron chi connectivity index (χ0n) is 20.9. The number of nitrogens with zero attached hydrogens (tertiary/aromatic N) is 3. The molecule has 0 saturated heterocycles. The lowest BCUT2D eigenvalue weighted by atomic mass is 10.1. The molecule has 2 aromatic carbocycles. The van der Waals surface area contributed by atoms with Crippen LogP contribution in [0.1, 0.15) is 25.0 Å². The van der Waals surface area contributed by atoms with E-state index in [1.54, 1.807) is 11.8 Å². The van der Waals surface area contributed by atoms with Gasteiger partial charge in [-0.2, -0.15) is 5.10 Å². The summed E-state index contributed by atoms with van der Waals surface area (Å²) in [5.41, 5.74) is 3.96. The van der Waals surface area contributed by atoms with Crippen LogP contribution in [0, 0.1) is 6.92 Å². The molecule has 1 unspecified atom stereocenters. The molecule has 0 fully saturated rings. The van der Waals surface area contributed by atoms with Crippen LogP contribution in [-0.4, -0.2) is 65.4 Å². The molecule has 1 N–H and O–H groups in total. The van der Waals surface area contributed by atoms with E-state index in [4.69, 9.17) is 19.3 Å². The van der Waals surface area contributed by atoms with Crippen LogP contribution < -0.4 is 4.74 Å². The van der Waals surface area contributed by atoms with Gasteiger partial charge in [0.05, 0.1) is 31.0 Å². The van der Waals surface area contributed by atoms with Crippen molar-refractivity contribution in [3.63, 3.8) is 0 Å². The van der Waals surface area contributed by atoms with E-state index in [2.05, 4.69) is 4.90 Å². The molecule has 3 aromatic rings. The van der Waals surface area contributed by atoms with Crippen molar-refractivity contribution in [1.29, 1.82) is 0 Å². The van der Waals surface area contributed by atoms with E-state index in [1.165, 1.54) is 0 Å². The minimum atomic E-state index is -0.614. The maximum absolute atomic E-state index is 10.6. The molecule has 0 aliphatic rings. The summed E-state index contributed by atoms with van der Waals surface area (Å²) in [4.78, 5) is 2.16. The highest BCUT2D eigenvalue weighted by atomic mass is 16.5. The smallest absolute Gasteiger partial charge is 0.222 e. The molecule has 3 rings (SSSR count). The standard InChI is InChI=1S/C27H37N3O4/c1-20(2)33-19-23(31)17-30(14-15-32-5)18-25-26(22-11-7-6-8-12-22)28-29(4)27(25)34-24-13-9-10-21(3)16-24/h6-13,16,20,23,31H,14-15,17-19H2,1-5H3. The largest absolute Gasteiger partial charge is 0.439 e. The predicted molar refractivity (Wildman–Crippen MR) is 134 cm³/mol. The SMILES string of the molecule is COCCN(Cc1c(-c2ccccc2)nn(C)c1Oc1cccc(C)c1)CC(O)COC(C)C. The van der Waals surface area contributed by atoms with Crippen LogP contribution >= 0.6 is 0 Å². The average Bonchev–Trinajstić information content (AvgIpc) is 3.11. The topological polar surface area (TPSA) is 69.0 Å². The van der Waals surface area contributed by atoms with E-state index in [-0.39, 0.29) is 12.7 Å². The van der Waals surface area contributed by atoms with Crippen molar-refractivity contribution in [3.05, 3.63) is 65.7 Å². The first-order valence-electron chi connectivity index (χ1n) is 11.7. The monoisotopic (exact) mass is 467 g/mol. The molecular formula is C27H37N3O4. The number of methoxy groups -OCH3 is 1. The molecule has 0 radical (unpaired) electrons. The van der Waals surface area contributed by atoms with E-state index in [0.29, 0.717) is 32.1 Å². The molecule has 34 heavy (non-hydrogen) atoms. The van der Waals surface area contributed by atoms with Crippen molar-refractivity contribution in [1.82, 2.24) is 14.7 Å². The van der Waals surface area contributed by atoms with Crippen LogP contribution in [0.25, 0.3) is 11.3 Å². The summed E-state index contributed by atoms with van der Waals surface area (Å²) in [7, 11) is 3.58. The number of ether oxygens (including phenoxy) is 3. The van der Waals surface area contributed by atoms with Gasteiger partial charge in [-0.15, -0.1) is 0 Å². The first-order valence-corrected chi connectivity index (χ1v) is 11.7. The van der Waals surface area contributed by atoms with Gasteiger partial charge in [0.15, 0.2) is 0 Å². The van der Waals surface area contributed by atoms with Gasteiger partial charge in [-0.3, -0.25) is 4.90 Å². The van der Waals surface area contributed by atoms with Crippen LogP contribution in [0.15, 0.2) is 54.6 Å². The molecule has 0 aliphatic carbocycles. The van der Waals surface area contributed by atoms with E-state index < -0.39 is 6.10 Å². The summed E-state index contributed by atoms with van der Waals surface area (Å²) < 4.78 is 19.1. The van der Waals surface area contributed by atoms with Crippen molar-refractivity contribution >= 4 is 0 Å². The molecular weight excluding hydrogens is 430 g/mol. The Hall–Kier alpha value is -2.71. The van der Waals surface area contributed by atoms with Crippen molar-refractivity contribution in [3.8, 4) is 22.9 Å². The molecule has 7 nitrogen and oxygen atoms in total. The van der Waals surface area contributed by atoms with Gasteiger partial charge in [-0.05, 0) is 38.5 Å². The summed E-state index contributed by atoms with van der Waals surface area (Å²) >= 11 is 0. The van der Waals surface area contributed by atoms with Gasteiger partial charge in [0.1, 0.15) is 11.4 Å². The highest BCUT2D eigenvalue weighted by molar-refractivity contribution is 5.65. The van der Waals surface area contributed by atoms with Gasteiger partial charge in [-0.1, -0.05) is 42.5 Å². The van der Waals surface area contributed by atoms with Gasteiger partial charge >= 0.3 is 0 Å². The van der Waals surface area contributed by atoms with Crippen LogP contribution in [0.5, 0.6) is 11.6 Å². The lowest BCUT2D eigenvalue weighted by molar-refractivity contribution is -0.0121. The van der Waals surface area contributed by atoms with Gasteiger partial charge in [0, 0.05) is 39.4 Å². The zero-order chi connectivity index (χ0) is 24.5. The van der Waals surface area contributed by atoms with E-state index >= 15 is 0 Å². The maximum atomic E-state index is 10.6. The van der Waals surface area contributed by atoms with Gasteiger partial charge in [0.2, 0.25) is 5.88 Å². The Morgan fingerprint density at radius 3 is 2.53 bits per heavy atom. The highest BCUT2D eigenvalue weighted by Gasteiger charge is 2.23. The normalized spacial score (nSPS) is 12.5. The Bertz CT molecular complexity index is 1020. The fourth-order valence-corrected chi connectivity index (χ4v) is 3.77. The third kappa shape index (κ3) is 7.40. The van der Waals surface area contributed by atoms with Crippen molar-refractivity contribution in [2.24, 2.45) is 7.05 Å². The third-order valence-electron chi connectivity index (χ3n) is 5.42. The quantitative estimate of drug-likeness (QED) is 0.401. The molecule has 0 amide bonds. The van der Waals surface area contributed by atoms with Crippen LogP contribution in [0.2, 0.25) is 0 Å². The van der Waals surface area contributed by atoms with Crippen molar-refractivity contribution in [2.45, 2.75) is 39.5 Å². The van der Waals surface area contributed by atoms with Crippen molar-refractivity contribution in [2.75, 3.05) is 33.4 Å². The molecule has 7 heteroatoms. The minimum absolute atomic E-state index is 0.0689. The summed E-state index contributed by atoms with van der Waals surface area (Å²) in [5, 5.41) is 15.4. The second-order valence-corrected chi connectivity index (χ2v) is 8.80. The maximum Gasteiger partial charge on any atom is 0.222 e. The fourth-order valence-electron chi connectivity index (χ4n) is 3.77. The highest BCUT2D eigenvalue weighted by Crippen LogP contribution is 2.34. The summed E-state index contributed by atoms with van der Waals surface area (Å²) in [6, 6.07) is 18.1. The molecule has 0 saturated carbocycles. The minimum Gasteiger partial charge on any atom is -0.439 e. The van der Waals surface area contributed by atoms with Crippen LogP contribution in [0.3, 0.4) is 0 Å². The Labute approximate surface area is 202 Å². The molecule has 184 valence electrons. The number of benzene rings is 2. The molecule has 1 aromatic heterocycles. The molecule has 0 spiro atoms. The zero-order valence-corrected chi connectivity index (χ0v) is 20.9. The summed E-state index contributed by atoms with van der Waals surface area (Å²) in [6.45, 7) is 8.45. The van der Waals surface area contributed by atoms with Crippen LogP contribution in [-0.2, 0) is 23.1 Å². The Morgan fingerprint density at radius 2 is 1.85 bits per heavy atom. The lowest BCUT2D eigenvalue weighted by Gasteiger charge is -2.25. The van der Waals surface area contributed by atoms with E-state index in [9.17, 15) is 5.11 Å². The summed E-state index contributed by atoms with van der Waals surface area (Å²) in [5.74, 6) is 1.44. The fraction of sp³-hybridized carbons (Fsp3) is 0.444. The number of aliphatic hydroxyl groups excluding tert-OH is 1. The number of hydrogen-bond donors (Lipinski definition) is 1. The summed E-state index contributed by atoms with van der Waals surface area (Å²) in [6.07, 6.45) is -0.545. The Kier molecular flexibility index (Phi) is 9.65. The van der Waals surface area contributed by atoms with Crippen LogP contribution in [0.4, 0.5) is 0 Å². The number of aromatic nitrogens is 2. The molecule has 0 aliphatic heterocycles. The van der Waals surface area contributed by atoms with Crippen molar-refractivity contribution < 1.29 is 19.3 Å². The number of aliphatic hydroxyl groups is 1. The second-order valence-electron chi connectivity index (χ2n) is 8.80. The van der Waals surface area contributed by atoms with E-state index in [1.807, 2.05) is 82.4 Å². The molecule has 1 heterocycles. The molecule has 1 atom stereocenters.